The van der Waals surface area contributed by atoms with E-state index in [1.54, 1.807) is 36.4 Å². The summed E-state index contributed by atoms with van der Waals surface area (Å²) in [6.07, 6.45) is -1.24. The molecule has 1 fully saturated rings. The molecule has 2 aliphatic carbocycles. The Morgan fingerprint density at radius 3 is 2.26 bits per heavy atom. The van der Waals surface area contributed by atoms with Crippen molar-refractivity contribution in [3.8, 4) is 0 Å². The maximum Gasteiger partial charge on any atom is 0.350 e. The summed E-state index contributed by atoms with van der Waals surface area (Å²) in [5.41, 5.74) is -0.717. The van der Waals surface area contributed by atoms with Gasteiger partial charge in [0.2, 0.25) is 5.60 Å². The van der Waals surface area contributed by atoms with Crippen molar-refractivity contribution in [1.29, 1.82) is 0 Å². The van der Waals surface area contributed by atoms with Crippen LogP contribution in [0.25, 0.3) is 0 Å². The summed E-state index contributed by atoms with van der Waals surface area (Å²) in [6.45, 7) is 0. The van der Waals surface area contributed by atoms with Gasteiger partial charge in [0.25, 0.3) is 0 Å². The molecular weight excluding hydrogens is 296 g/mol. The smallest absolute Gasteiger partial charge is 0.350 e. The van der Waals surface area contributed by atoms with Crippen LogP contribution in [0.5, 0.6) is 0 Å². The topological polar surface area (TPSA) is 83.8 Å². The molecule has 23 heavy (non-hydrogen) atoms. The number of aliphatic hydroxyl groups is 1. The number of carboxylic acids is 1. The third-order valence-electron chi connectivity index (χ3n) is 5.59. The largest absolute Gasteiger partial charge is 0.478 e. The van der Waals surface area contributed by atoms with Crippen LogP contribution in [0.15, 0.2) is 48.5 Å². The Labute approximate surface area is 131 Å². The first-order chi connectivity index (χ1) is 11.1. The minimum Gasteiger partial charge on any atom is -0.478 e. The minimum atomic E-state index is -1.76. The summed E-state index contributed by atoms with van der Waals surface area (Å²) >= 11 is 0. The van der Waals surface area contributed by atoms with Gasteiger partial charge in [0.15, 0.2) is 5.41 Å². The molecule has 0 amide bonds. The second kappa shape index (κ2) is 3.63. The summed E-state index contributed by atoms with van der Waals surface area (Å²) in [5.74, 6) is -2.49. The van der Waals surface area contributed by atoms with Crippen LogP contribution in [0.2, 0.25) is 0 Å². The first-order valence-corrected chi connectivity index (χ1v) is 7.40. The number of esters is 1. The molecule has 4 atom stereocenters. The van der Waals surface area contributed by atoms with Crippen molar-refractivity contribution >= 4 is 11.9 Å². The predicted molar refractivity (Wildman–Crippen MR) is 77.8 cm³/mol. The van der Waals surface area contributed by atoms with Gasteiger partial charge in [0.1, 0.15) is 6.10 Å². The molecule has 1 saturated heterocycles. The summed E-state index contributed by atoms with van der Waals surface area (Å²) in [4.78, 5) is 24.7. The zero-order valence-corrected chi connectivity index (χ0v) is 11.9. The number of carboxylic acid groups (broad SMARTS) is 1. The standard InChI is InChI=1S/C18H12O5/c19-14-10-6-2-1-5-9(10)13-11-7-3-4-8-12(11)17(14)16(22)23-18(13,17)15(20)21/h1-8,13-14,19H,(H,20,21). The second-order valence-electron chi connectivity index (χ2n) is 6.29. The summed E-state index contributed by atoms with van der Waals surface area (Å²) in [7, 11) is 0. The number of carbonyl (C=O) groups is 2. The zero-order valence-electron chi connectivity index (χ0n) is 11.9. The highest BCUT2D eigenvalue weighted by Crippen LogP contribution is 2.71. The van der Waals surface area contributed by atoms with Crippen molar-refractivity contribution < 1.29 is 24.5 Å². The highest BCUT2D eigenvalue weighted by atomic mass is 16.6. The van der Waals surface area contributed by atoms with E-state index in [-0.39, 0.29) is 0 Å². The Kier molecular flexibility index (Phi) is 2.03. The van der Waals surface area contributed by atoms with Crippen molar-refractivity contribution in [2.75, 3.05) is 0 Å². The Morgan fingerprint density at radius 2 is 1.61 bits per heavy atom. The van der Waals surface area contributed by atoms with E-state index in [0.717, 1.165) is 5.56 Å². The Balaban J connectivity index is 1.98. The molecule has 0 spiro atoms. The molecule has 0 aromatic heterocycles. The molecule has 0 saturated carbocycles. The first kappa shape index (κ1) is 12.8. The number of aliphatic hydroxyl groups excluding tert-OH is 1. The van der Waals surface area contributed by atoms with E-state index in [4.69, 9.17) is 4.74 Å². The van der Waals surface area contributed by atoms with Gasteiger partial charge in [-0.05, 0) is 22.3 Å². The van der Waals surface area contributed by atoms with Crippen molar-refractivity contribution in [1.82, 2.24) is 0 Å². The van der Waals surface area contributed by atoms with Gasteiger partial charge in [-0.1, -0.05) is 48.5 Å². The molecule has 1 aliphatic heterocycles. The second-order valence-corrected chi connectivity index (χ2v) is 6.29. The van der Waals surface area contributed by atoms with Gasteiger partial charge < -0.3 is 14.9 Å². The lowest BCUT2D eigenvalue weighted by molar-refractivity contribution is -0.246. The van der Waals surface area contributed by atoms with Gasteiger partial charge in [-0.25, -0.2) is 4.79 Å². The van der Waals surface area contributed by atoms with Gasteiger partial charge in [0, 0.05) is 0 Å². The van der Waals surface area contributed by atoms with Crippen LogP contribution in [-0.4, -0.2) is 27.8 Å². The van der Waals surface area contributed by atoms with Crippen molar-refractivity contribution in [2.45, 2.75) is 23.0 Å². The lowest BCUT2D eigenvalue weighted by Crippen LogP contribution is -2.76. The normalized spacial score (nSPS) is 35.4. The predicted octanol–water partition coefficient (Wildman–Crippen LogP) is 1.50. The Morgan fingerprint density at radius 1 is 1.00 bits per heavy atom. The molecule has 5 nitrogen and oxygen atoms in total. The van der Waals surface area contributed by atoms with E-state index in [1.807, 2.05) is 12.1 Å². The number of rotatable bonds is 1. The molecule has 2 N–H and O–H groups in total. The molecule has 2 bridgehead atoms. The molecule has 2 aromatic carbocycles. The number of fused-ring (bicyclic) bond motifs is 4. The Hall–Kier alpha value is -2.66. The Bertz CT molecular complexity index is 904. The number of aliphatic carboxylic acids is 1. The SMILES string of the molecule is O=C(O)C12OC(=O)C13c1ccccc1C2c1ccccc1C3O. The molecule has 1 heterocycles. The fourth-order valence-electron chi connectivity index (χ4n) is 4.78. The van der Waals surface area contributed by atoms with Gasteiger partial charge in [-0.2, -0.15) is 0 Å². The fourth-order valence-corrected chi connectivity index (χ4v) is 4.78. The maximum atomic E-state index is 12.5. The average molecular weight is 308 g/mol. The van der Waals surface area contributed by atoms with Gasteiger partial charge in [-0.15, -0.1) is 0 Å². The quantitative estimate of drug-likeness (QED) is 0.780. The number of ether oxygens (including phenoxy) is 1. The minimum absolute atomic E-state index is 0.562. The third-order valence-corrected chi connectivity index (χ3v) is 5.59. The maximum absolute atomic E-state index is 12.5. The van der Waals surface area contributed by atoms with Gasteiger partial charge in [-0.3, -0.25) is 4.79 Å². The van der Waals surface area contributed by atoms with Crippen LogP contribution in [0, 0.1) is 0 Å². The number of benzene rings is 2. The molecule has 5 heteroatoms. The van der Waals surface area contributed by atoms with Gasteiger partial charge >= 0.3 is 11.9 Å². The zero-order chi connectivity index (χ0) is 16.0. The molecule has 2 aromatic rings. The fraction of sp³-hybridized carbons (Fsp3) is 0.222. The monoisotopic (exact) mass is 308 g/mol. The number of carbonyl (C=O) groups excluding carboxylic acids is 1. The summed E-state index contributed by atoms with van der Waals surface area (Å²) in [5, 5.41) is 20.9. The van der Waals surface area contributed by atoms with Crippen LogP contribution in [0.4, 0.5) is 0 Å². The molecule has 4 unspecified atom stereocenters. The summed E-state index contributed by atoms with van der Waals surface area (Å²) < 4.78 is 5.28. The molecular formula is C18H12O5. The number of hydrogen-bond acceptors (Lipinski definition) is 4. The van der Waals surface area contributed by atoms with E-state index in [1.165, 1.54) is 0 Å². The van der Waals surface area contributed by atoms with Crippen LogP contribution in [0.1, 0.15) is 34.3 Å². The number of hydrogen-bond donors (Lipinski definition) is 2. The molecule has 5 rings (SSSR count). The highest BCUT2D eigenvalue weighted by molar-refractivity contribution is 6.07. The van der Waals surface area contributed by atoms with Crippen LogP contribution >= 0.6 is 0 Å². The van der Waals surface area contributed by atoms with E-state index < -0.39 is 35.0 Å². The highest BCUT2D eigenvalue weighted by Gasteiger charge is 2.86. The first-order valence-electron chi connectivity index (χ1n) is 7.40. The van der Waals surface area contributed by atoms with Crippen molar-refractivity contribution in [2.24, 2.45) is 0 Å². The van der Waals surface area contributed by atoms with E-state index in [2.05, 4.69) is 0 Å². The van der Waals surface area contributed by atoms with Crippen molar-refractivity contribution in [3.05, 3.63) is 70.8 Å². The van der Waals surface area contributed by atoms with E-state index in [9.17, 15) is 19.8 Å². The lowest BCUT2D eigenvalue weighted by Gasteiger charge is -2.56. The van der Waals surface area contributed by atoms with Crippen LogP contribution < -0.4 is 0 Å². The van der Waals surface area contributed by atoms with Crippen molar-refractivity contribution in [3.63, 3.8) is 0 Å². The molecule has 0 radical (unpaired) electrons. The summed E-state index contributed by atoms with van der Waals surface area (Å²) in [6, 6.07) is 14.2. The van der Waals surface area contributed by atoms with Crippen LogP contribution in [0.3, 0.4) is 0 Å². The van der Waals surface area contributed by atoms with E-state index >= 15 is 0 Å². The van der Waals surface area contributed by atoms with E-state index in [0.29, 0.717) is 16.7 Å². The van der Waals surface area contributed by atoms with Gasteiger partial charge in [0.05, 0.1) is 5.92 Å². The van der Waals surface area contributed by atoms with Crippen LogP contribution in [-0.2, 0) is 19.7 Å². The lowest BCUT2D eigenvalue weighted by atomic mass is 9.55. The molecule has 3 aliphatic rings. The third kappa shape index (κ3) is 1.02. The average Bonchev–Trinajstić information content (AvgIpc) is 2.69. The molecule has 114 valence electrons.